The van der Waals surface area contributed by atoms with Crippen molar-refractivity contribution in [1.82, 2.24) is 15.1 Å². The van der Waals surface area contributed by atoms with Gasteiger partial charge in [0, 0.05) is 11.2 Å². The number of nitrogens with one attached hydrogen (secondary N) is 1. The normalized spacial score (nSPS) is 11.8. The minimum absolute atomic E-state index is 0.239. The van der Waals surface area contributed by atoms with Gasteiger partial charge in [0.25, 0.3) is 5.91 Å². The number of aromatic nitrogens is 2. The highest BCUT2D eigenvalue weighted by molar-refractivity contribution is 6.30. The van der Waals surface area contributed by atoms with Crippen LogP contribution in [-0.2, 0) is 9.53 Å². The molecule has 7 nitrogen and oxygen atoms in total. The van der Waals surface area contributed by atoms with Crippen LogP contribution >= 0.6 is 11.6 Å². The van der Waals surface area contributed by atoms with E-state index in [0.29, 0.717) is 16.3 Å². The van der Waals surface area contributed by atoms with Crippen molar-refractivity contribution in [2.24, 2.45) is 0 Å². The first-order valence-corrected chi connectivity index (χ1v) is 7.16. The van der Waals surface area contributed by atoms with Gasteiger partial charge in [-0.05, 0) is 31.2 Å². The first kappa shape index (κ1) is 17.0. The Bertz CT molecular complexity index is 712. The number of carbonyl (C=O) groups excluding carboxylic acids is 2. The molecule has 23 heavy (non-hydrogen) atoms. The van der Waals surface area contributed by atoms with Crippen LogP contribution in [0.25, 0.3) is 5.69 Å². The molecule has 1 aromatic heterocycles. The van der Waals surface area contributed by atoms with Crippen molar-refractivity contribution in [2.75, 3.05) is 13.7 Å². The number of aliphatic hydroxyl groups excluding tert-OH is 1. The molecule has 2 rings (SSSR count). The summed E-state index contributed by atoms with van der Waals surface area (Å²) in [6.45, 7) is 1.45. The second-order valence-electron chi connectivity index (χ2n) is 4.80. The number of rotatable bonds is 5. The summed E-state index contributed by atoms with van der Waals surface area (Å²) < 4.78 is 5.93. The fourth-order valence-electron chi connectivity index (χ4n) is 1.91. The first-order valence-electron chi connectivity index (χ1n) is 6.78. The van der Waals surface area contributed by atoms with Gasteiger partial charge in [0.1, 0.15) is 0 Å². The van der Waals surface area contributed by atoms with Crippen LogP contribution in [0, 0.1) is 6.92 Å². The molecule has 0 spiro atoms. The van der Waals surface area contributed by atoms with E-state index in [9.17, 15) is 14.7 Å². The Kier molecular flexibility index (Phi) is 5.36. The van der Waals surface area contributed by atoms with E-state index in [4.69, 9.17) is 11.6 Å². The average molecular weight is 338 g/mol. The van der Waals surface area contributed by atoms with E-state index in [0.717, 1.165) is 12.8 Å². The van der Waals surface area contributed by atoms with Gasteiger partial charge in [-0.1, -0.05) is 11.6 Å². The lowest BCUT2D eigenvalue weighted by Gasteiger charge is -2.09. The van der Waals surface area contributed by atoms with E-state index in [-0.39, 0.29) is 6.54 Å². The standard InChI is InChI=1S/C15H16ClN3O4/c1-9-12(14(21)17-7-13(20)15(22)23-2)8-19(18-9)11-5-3-10(16)4-6-11/h3-6,8,13,20H,7H2,1-2H3,(H,17,21)/t13-/m0/s1. The topological polar surface area (TPSA) is 93.5 Å². The summed E-state index contributed by atoms with van der Waals surface area (Å²) in [4.78, 5) is 23.2. The Labute approximate surface area is 137 Å². The molecule has 0 saturated heterocycles. The maximum Gasteiger partial charge on any atom is 0.336 e. The molecule has 1 aromatic carbocycles. The molecule has 0 bridgehead atoms. The number of hydrogen-bond acceptors (Lipinski definition) is 5. The predicted octanol–water partition coefficient (Wildman–Crippen LogP) is 1.10. The third-order valence-electron chi connectivity index (χ3n) is 3.16. The van der Waals surface area contributed by atoms with Crippen molar-refractivity contribution in [2.45, 2.75) is 13.0 Å². The number of ether oxygens (including phenoxy) is 1. The molecule has 8 heteroatoms. The van der Waals surface area contributed by atoms with Gasteiger partial charge < -0.3 is 15.2 Å². The van der Waals surface area contributed by atoms with Gasteiger partial charge in [0.2, 0.25) is 0 Å². The van der Waals surface area contributed by atoms with Crippen LogP contribution < -0.4 is 5.32 Å². The smallest absolute Gasteiger partial charge is 0.336 e. The van der Waals surface area contributed by atoms with Gasteiger partial charge >= 0.3 is 5.97 Å². The minimum atomic E-state index is -1.41. The van der Waals surface area contributed by atoms with Crippen LogP contribution in [0.4, 0.5) is 0 Å². The van der Waals surface area contributed by atoms with Crippen molar-refractivity contribution in [3.8, 4) is 5.69 Å². The number of benzene rings is 1. The highest BCUT2D eigenvalue weighted by Crippen LogP contribution is 2.15. The van der Waals surface area contributed by atoms with Crippen LogP contribution in [0.3, 0.4) is 0 Å². The molecule has 0 aliphatic heterocycles. The summed E-state index contributed by atoms with van der Waals surface area (Å²) in [5, 5.41) is 16.8. The van der Waals surface area contributed by atoms with Gasteiger partial charge in [-0.3, -0.25) is 4.79 Å². The van der Waals surface area contributed by atoms with Crippen LogP contribution in [-0.4, -0.2) is 46.5 Å². The monoisotopic (exact) mass is 337 g/mol. The van der Waals surface area contributed by atoms with Gasteiger partial charge in [0.05, 0.1) is 30.6 Å². The minimum Gasteiger partial charge on any atom is -0.467 e. The van der Waals surface area contributed by atoms with E-state index in [1.807, 2.05) is 0 Å². The molecular weight excluding hydrogens is 322 g/mol. The summed E-state index contributed by atoms with van der Waals surface area (Å²) in [5.74, 6) is -1.25. The maximum atomic E-state index is 12.1. The molecule has 0 aliphatic rings. The maximum absolute atomic E-state index is 12.1. The average Bonchev–Trinajstić information content (AvgIpc) is 2.94. The highest BCUT2D eigenvalue weighted by atomic mass is 35.5. The molecule has 1 heterocycles. The lowest BCUT2D eigenvalue weighted by atomic mass is 10.2. The number of aryl methyl sites for hydroxylation is 1. The Hall–Kier alpha value is -2.38. The van der Waals surface area contributed by atoms with E-state index in [2.05, 4.69) is 15.2 Å². The zero-order valence-electron chi connectivity index (χ0n) is 12.6. The van der Waals surface area contributed by atoms with E-state index in [1.165, 1.54) is 0 Å². The van der Waals surface area contributed by atoms with Crippen molar-refractivity contribution in [3.05, 3.63) is 46.7 Å². The van der Waals surface area contributed by atoms with Gasteiger partial charge in [-0.2, -0.15) is 5.10 Å². The SMILES string of the molecule is COC(=O)[C@@H](O)CNC(=O)c1cn(-c2ccc(Cl)cc2)nc1C. The second-order valence-corrected chi connectivity index (χ2v) is 5.23. The van der Waals surface area contributed by atoms with Crippen molar-refractivity contribution in [3.63, 3.8) is 0 Å². The molecule has 0 radical (unpaired) electrons. The zero-order chi connectivity index (χ0) is 17.0. The van der Waals surface area contributed by atoms with E-state index >= 15 is 0 Å². The van der Waals surface area contributed by atoms with E-state index < -0.39 is 18.0 Å². The largest absolute Gasteiger partial charge is 0.467 e. The summed E-state index contributed by atoms with van der Waals surface area (Å²) in [5.41, 5.74) is 1.62. The molecule has 0 saturated carbocycles. The number of aliphatic hydroxyl groups is 1. The lowest BCUT2D eigenvalue weighted by Crippen LogP contribution is -2.37. The molecule has 2 N–H and O–H groups in total. The molecule has 0 fully saturated rings. The molecular formula is C15H16ClN3O4. The van der Waals surface area contributed by atoms with Crippen LogP contribution in [0.1, 0.15) is 16.1 Å². The molecule has 1 atom stereocenters. The van der Waals surface area contributed by atoms with Crippen molar-refractivity contribution >= 4 is 23.5 Å². The van der Waals surface area contributed by atoms with Gasteiger partial charge in [0.15, 0.2) is 6.10 Å². The van der Waals surface area contributed by atoms with Crippen LogP contribution in [0.15, 0.2) is 30.5 Å². The fourth-order valence-corrected chi connectivity index (χ4v) is 2.04. The van der Waals surface area contributed by atoms with Gasteiger partial charge in [-0.25, -0.2) is 9.48 Å². The number of methoxy groups -OCH3 is 1. The first-order chi connectivity index (χ1) is 10.9. The fraction of sp³-hybridized carbons (Fsp3) is 0.267. The van der Waals surface area contributed by atoms with Gasteiger partial charge in [-0.15, -0.1) is 0 Å². The molecule has 122 valence electrons. The second kappa shape index (κ2) is 7.26. The predicted molar refractivity (Wildman–Crippen MR) is 83.7 cm³/mol. The quantitative estimate of drug-likeness (QED) is 0.797. The number of hydrogen-bond donors (Lipinski definition) is 2. The third-order valence-corrected chi connectivity index (χ3v) is 3.42. The highest BCUT2D eigenvalue weighted by Gasteiger charge is 2.19. The Morgan fingerprint density at radius 1 is 1.39 bits per heavy atom. The van der Waals surface area contributed by atoms with Crippen molar-refractivity contribution in [1.29, 1.82) is 0 Å². The molecule has 0 aliphatic carbocycles. The van der Waals surface area contributed by atoms with Crippen LogP contribution in [0.2, 0.25) is 5.02 Å². The van der Waals surface area contributed by atoms with E-state index in [1.54, 1.807) is 42.1 Å². The number of halogens is 1. The van der Waals surface area contributed by atoms with Crippen molar-refractivity contribution < 1.29 is 19.4 Å². The summed E-state index contributed by atoms with van der Waals surface area (Å²) in [6, 6.07) is 7.00. The lowest BCUT2D eigenvalue weighted by molar-refractivity contribution is -0.149. The number of amides is 1. The zero-order valence-corrected chi connectivity index (χ0v) is 13.4. The molecule has 1 amide bonds. The Morgan fingerprint density at radius 3 is 2.65 bits per heavy atom. The Balaban J connectivity index is 2.10. The van der Waals surface area contributed by atoms with Crippen LogP contribution in [0.5, 0.6) is 0 Å². The Morgan fingerprint density at radius 2 is 2.04 bits per heavy atom. The number of esters is 1. The number of nitrogens with zero attached hydrogens (tertiary/aromatic N) is 2. The summed E-state index contributed by atoms with van der Waals surface area (Å²) in [7, 11) is 1.16. The molecule has 2 aromatic rings. The summed E-state index contributed by atoms with van der Waals surface area (Å²) >= 11 is 5.84. The third kappa shape index (κ3) is 4.08. The summed E-state index contributed by atoms with van der Waals surface area (Å²) in [6.07, 6.45) is 0.161. The molecule has 0 unspecified atom stereocenters. The number of carbonyl (C=O) groups is 2.